The highest BCUT2D eigenvalue weighted by atomic mass is 16.3. The van der Waals surface area contributed by atoms with Gasteiger partial charge in [0.1, 0.15) is 0 Å². The number of aliphatic hydroxyl groups is 1. The van der Waals surface area contributed by atoms with Crippen molar-refractivity contribution in [2.24, 2.45) is 11.7 Å². The molecule has 1 fully saturated rings. The van der Waals surface area contributed by atoms with Gasteiger partial charge in [-0.15, -0.1) is 0 Å². The van der Waals surface area contributed by atoms with Crippen LogP contribution in [0.25, 0.3) is 0 Å². The summed E-state index contributed by atoms with van der Waals surface area (Å²) in [6.07, 6.45) is 2.95. The molecular weight excluding hydrogens is 236 g/mol. The van der Waals surface area contributed by atoms with Crippen molar-refractivity contribution < 1.29 is 5.11 Å². The van der Waals surface area contributed by atoms with Crippen molar-refractivity contribution in [1.82, 2.24) is 0 Å². The first kappa shape index (κ1) is 14.4. The van der Waals surface area contributed by atoms with Gasteiger partial charge in [0.2, 0.25) is 0 Å². The molecule has 1 saturated heterocycles. The quantitative estimate of drug-likeness (QED) is 0.877. The SMILES string of the molecule is CC[C@@H](N)c1ccc(N2CCC(C(C)O)CC2)cc1. The van der Waals surface area contributed by atoms with E-state index in [0.717, 1.165) is 32.4 Å². The summed E-state index contributed by atoms with van der Waals surface area (Å²) >= 11 is 0. The van der Waals surface area contributed by atoms with E-state index in [1.54, 1.807) is 0 Å². The van der Waals surface area contributed by atoms with Gasteiger partial charge in [-0.25, -0.2) is 0 Å². The lowest BCUT2D eigenvalue weighted by Gasteiger charge is -2.35. The molecule has 0 bridgehead atoms. The number of piperidine rings is 1. The lowest BCUT2D eigenvalue weighted by Crippen LogP contribution is -2.37. The number of hydrogen-bond donors (Lipinski definition) is 2. The minimum Gasteiger partial charge on any atom is -0.393 e. The van der Waals surface area contributed by atoms with Gasteiger partial charge in [-0.2, -0.15) is 0 Å². The second-order valence-corrected chi connectivity index (χ2v) is 5.67. The average Bonchev–Trinajstić information content (AvgIpc) is 2.46. The molecule has 1 heterocycles. The van der Waals surface area contributed by atoms with E-state index in [0.29, 0.717) is 5.92 Å². The Labute approximate surface area is 116 Å². The van der Waals surface area contributed by atoms with Gasteiger partial charge in [0.25, 0.3) is 0 Å². The molecule has 3 N–H and O–H groups in total. The van der Waals surface area contributed by atoms with E-state index in [4.69, 9.17) is 5.73 Å². The van der Waals surface area contributed by atoms with Crippen molar-refractivity contribution >= 4 is 5.69 Å². The Hall–Kier alpha value is -1.06. The van der Waals surface area contributed by atoms with Gasteiger partial charge in [0.05, 0.1) is 6.10 Å². The topological polar surface area (TPSA) is 49.5 Å². The fourth-order valence-electron chi connectivity index (χ4n) is 2.81. The molecule has 1 aromatic rings. The number of benzene rings is 1. The number of aliphatic hydroxyl groups excluding tert-OH is 1. The van der Waals surface area contributed by atoms with E-state index in [9.17, 15) is 5.11 Å². The van der Waals surface area contributed by atoms with Crippen LogP contribution in [0.3, 0.4) is 0 Å². The molecule has 2 atom stereocenters. The normalized spacial score (nSPS) is 20.3. The van der Waals surface area contributed by atoms with Gasteiger partial charge >= 0.3 is 0 Å². The largest absolute Gasteiger partial charge is 0.393 e. The lowest BCUT2D eigenvalue weighted by atomic mass is 9.92. The summed E-state index contributed by atoms with van der Waals surface area (Å²) in [4.78, 5) is 2.40. The van der Waals surface area contributed by atoms with Crippen LogP contribution in [0.15, 0.2) is 24.3 Å². The van der Waals surface area contributed by atoms with Crippen LogP contribution in [0.5, 0.6) is 0 Å². The highest BCUT2D eigenvalue weighted by molar-refractivity contribution is 5.48. The highest BCUT2D eigenvalue weighted by Gasteiger charge is 2.22. The highest BCUT2D eigenvalue weighted by Crippen LogP contribution is 2.26. The maximum Gasteiger partial charge on any atom is 0.0541 e. The Morgan fingerprint density at radius 2 is 1.84 bits per heavy atom. The second kappa shape index (κ2) is 6.40. The maximum atomic E-state index is 9.63. The third-order valence-electron chi connectivity index (χ3n) is 4.35. The van der Waals surface area contributed by atoms with Gasteiger partial charge in [0, 0.05) is 24.8 Å². The molecule has 0 aromatic heterocycles. The summed E-state index contributed by atoms with van der Waals surface area (Å²) in [5, 5.41) is 9.63. The monoisotopic (exact) mass is 262 g/mol. The average molecular weight is 262 g/mol. The smallest absolute Gasteiger partial charge is 0.0541 e. The first-order valence-corrected chi connectivity index (χ1v) is 7.40. The molecule has 1 unspecified atom stereocenters. The van der Waals surface area contributed by atoms with Crippen LogP contribution >= 0.6 is 0 Å². The third kappa shape index (κ3) is 3.48. The summed E-state index contributed by atoms with van der Waals surface area (Å²) < 4.78 is 0. The number of rotatable bonds is 4. The van der Waals surface area contributed by atoms with Crippen LogP contribution in [0, 0.1) is 5.92 Å². The number of hydrogen-bond acceptors (Lipinski definition) is 3. The van der Waals surface area contributed by atoms with Crippen LogP contribution in [0.2, 0.25) is 0 Å². The molecule has 0 amide bonds. The van der Waals surface area contributed by atoms with Crippen molar-refractivity contribution in [2.45, 2.75) is 45.3 Å². The Morgan fingerprint density at radius 1 is 1.26 bits per heavy atom. The molecule has 0 spiro atoms. The van der Waals surface area contributed by atoms with E-state index in [2.05, 4.69) is 36.1 Å². The molecule has 1 aromatic carbocycles. The molecule has 0 saturated carbocycles. The van der Waals surface area contributed by atoms with E-state index < -0.39 is 0 Å². The molecule has 106 valence electrons. The zero-order valence-corrected chi connectivity index (χ0v) is 12.0. The fraction of sp³-hybridized carbons (Fsp3) is 0.625. The third-order valence-corrected chi connectivity index (χ3v) is 4.35. The van der Waals surface area contributed by atoms with E-state index in [1.807, 2.05) is 6.92 Å². The van der Waals surface area contributed by atoms with Crippen molar-refractivity contribution in [3.63, 3.8) is 0 Å². The maximum absolute atomic E-state index is 9.63. The molecule has 1 aliphatic heterocycles. The summed E-state index contributed by atoms with van der Waals surface area (Å²) in [5.41, 5.74) is 8.52. The molecule has 19 heavy (non-hydrogen) atoms. The fourth-order valence-corrected chi connectivity index (χ4v) is 2.81. The summed E-state index contributed by atoms with van der Waals surface area (Å²) in [6.45, 7) is 6.09. The zero-order valence-electron chi connectivity index (χ0n) is 12.0. The van der Waals surface area contributed by atoms with Crippen molar-refractivity contribution in [3.8, 4) is 0 Å². The predicted molar refractivity (Wildman–Crippen MR) is 80.3 cm³/mol. The number of nitrogens with two attached hydrogens (primary N) is 1. The van der Waals surface area contributed by atoms with Crippen molar-refractivity contribution in [1.29, 1.82) is 0 Å². The molecule has 3 nitrogen and oxygen atoms in total. The predicted octanol–water partition coefficient (Wildman–Crippen LogP) is 2.69. The van der Waals surface area contributed by atoms with Crippen LogP contribution in [0.1, 0.15) is 44.7 Å². The Morgan fingerprint density at radius 3 is 2.32 bits per heavy atom. The van der Waals surface area contributed by atoms with Crippen molar-refractivity contribution in [2.75, 3.05) is 18.0 Å². The summed E-state index contributed by atoms with van der Waals surface area (Å²) in [5.74, 6) is 0.462. The van der Waals surface area contributed by atoms with E-state index in [1.165, 1.54) is 11.3 Å². The van der Waals surface area contributed by atoms with Gasteiger partial charge in [-0.1, -0.05) is 19.1 Å². The molecule has 3 heteroatoms. The Bertz CT molecular complexity index is 380. The first-order valence-electron chi connectivity index (χ1n) is 7.40. The number of nitrogens with zero attached hydrogens (tertiary/aromatic N) is 1. The van der Waals surface area contributed by atoms with E-state index in [-0.39, 0.29) is 12.1 Å². The van der Waals surface area contributed by atoms with Crippen molar-refractivity contribution in [3.05, 3.63) is 29.8 Å². The minimum atomic E-state index is -0.174. The standard InChI is InChI=1S/C16H26N2O/c1-3-16(17)14-4-6-15(7-5-14)18-10-8-13(9-11-18)12(2)19/h4-7,12-13,16,19H,3,8-11,17H2,1-2H3/t12?,16-/m1/s1. The van der Waals surface area contributed by atoms with Crippen LogP contribution in [-0.4, -0.2) is 24.3 Å². The zero-order chi connectivity index (χ0) is 13.8. The molecule has 0 aliphatic carbocycles. The van der Waals surface area contributed by atoms with Crippen LogP contribution in [0.4, 0.5) is 5.69 Å². The Balaban J connectivity index is 1.96. The van der Waals surface area contributed by atoms with Gasteiger partial charge in [-0.3, -0.25) is 0 Å². The summed E-state index contributed by atoms with van der Waals surface area (Å²) in [6, 6.07) is 8.78. The first-order chi connectivity index (χ1) is 9.11. The minimum absolute atomic E-state index is 0.148. The summed E-state index contributed by atoms with van der Waals surface area (Å²) in [7, 11) is 0. The number of anilines is 1. The second-order valence-electron chi connectivity index (χ2n) is 5.67. The van der Waals surface area contributed by atoms with Gasteiger partial charge in [0.15, 0.2) is 0 Å². The molecular formula is C16H26N2O. The molecule has 2 rings (SSSR count). The molecule has 1 aliphatic rings. The van der Waals surface area contributed by atoms with Crippen LogP contribution < -0.4 is 10.6 Å². The Kier molecular flexibility index (Phi) is 4.83. The lowest BCUT2D eigenvalue weighted by molar-refractivity contribution is 0.110. The van der Waals surface area contributed by atoms with Crippen LogP contribution in [-0.2, 0) is 0 Å². The van der Waals surface area contributed by atoms with Gasteiger partial charge in [-0.05, 0) is 49.8 Å². The van der Waals surface area contributed by atoms with Gasteiger partial charge < -0.3 is 15.7 Å². The van der Waals surface area contributed by atoms with E-state index >= 15 is 0 Å². The molecule has 0 radical (unpaired) electrons.